The first kappa shape index (κ1) is 19.1. The lowest BCUT2D eigenvalue weighted by atomic mass is 9.74. The van der Waals surface area contributed by atoms with E-state index in [4.69, 9.17) is 9.47 Å². The number of hydrogen-bond acceptors (Lipinski definition) is 4. The number of amides is 2. The molecule has 3 heterocycles. The van der Waals surface area contributed by atoms with Crippen molar-refractivity contribution in [3.05, 3.63) is 35.9 Å². The van der Waals surface area contributed by atoms with Gasteiger partial charge in [-0.3, -0.25) is 9.59 Å². The normalized spacial score (nSPS) is 30.7. The molecule has 2 spiro atoms. The predicted octanol–water partition coefficient (Wildman–Crippen LogP) is 2.62. The monoisotopic (exact) mass is 398 g/mol. The van der Waals surface area contributed by atoms with Gasteiger partial charge in [-0.15, -0.1) is 0 Å². The zero-order valence-electron chi connectivity index (χ0n) is 17.0. The quantitative estimate of drug-likeness (QED) is 0.785. The van der Waals surface area contributed by atoms with E-state index in [0.29, 0.717) is 31.7 Å². The van der Waals surface area contributed by atoms with Gasteiger partial charge in [0.25, 0.3) is 5.91 Å². The molecule has 4 aliphatic rings. The van der Waals surface area contributed by atoms with Crippen molar-refractivity contribution in [3.63, 3.8) is 0 Å². The molecule has 0 radical (unpaired) electrons. The fraction of sp³-hybridized carbons (Fsp3) is 0.652. The van der Waals surface area contributed by atoms with E-state index in [9.17, 15) is 9.59 Å². The second-order valence-corrected chi connectivity index (χ2v) is 9.20. The molecular weight excluding hydrogens is 368 g/mol. The molecule has 0 bridgehead atoms. The van der Waals surface area contributed by atoms with Crippen LogP contribution in [-0.4, -0.2) is 71.7 Å². The van der Waals surface area contributed by atoms with Gasteiger partial charge >= 0.3 is 0 Å². The highest BCUT2D eigenvalue weighted by Gasteiger charge is 2.50. The summed E-state index contributed by atoms with van der Waals surface area (Å²) in [5.41, 5.74) is 0.432. The summed E-state index contributed by atoms with van der Waals surface area (Å²) in [5.74, 6) is 0.185. The third-order valence-electron chi connectivity index (χ3n) is 7.35. The lowest BCUT2D eigenvalue weighted by Crippen LogP contribution is -2.65. The van der Waals surface area contributed by atoms with Crippen LogP contribution < -0.4 is 0 Å². The van der Waals surface area contributed by atoms with Crippen molar-refractivity contribution in [2.24, 2.45) is 0 Å². The summed E-state index contributed by atoms with van der Waals surface area (Å²) in [4.78, 5) is 30.1. The van der Waals surface area contributed by atoms with E-state index in [1.54, 1.807) is 0 Å². The van der Waals surface area contributed by atoms with E-state index in [1.807, 2.05) is 40.1 Å². The van der Waals surface area contributed by atoms with E-state index >= 15 is 0 Å². The Kier molecular flexibility index (Phi) is 4.87. The van der Waals surface area contributed by atoms with Crippen LogP contribution in [0.5, 0.6) is 0 Å². The van der Waals surface area contributed by atoms with Crippen molar-refractivity contribution in [1.82, 2.24) is 9.80 Å². The second-order valence-electron chi connectivity index (χ2n) is 9.20. The van der Waals surface area contributed by atoms with Crippen LogP contribution in [0.2, 0.25) is 0 Å². The SMILES string of the molecule is O=C(CC1CN(C(=O)c2ccccc2)C2(CCC2)CO1)N1CCC2(CCCO2)C1. The van der Waals surface area contributed by atoms with Crippen LogP contribution in [0.3, 0.4) is 0 Å². The van der Waals surface area contributed by atoms with Crippen molar-refractivity contribution in [1.29, 1.82) is 0 Å². The van der Waals surface area contributed by atoms with Gasteiger partial charge in [-0.05, 0) is 50.7 Å². The number of carbonyl (C=O) groups excluding carboxylic acids is 2. The molecule has 2 atom stereocenters. The van der Waals surface area contributed by atoms with Crippen LogP contribution >= 0.6 is 0 Å². The fourth-order valence-electron chi connectivity index (χ4n) is 5.42. The maximum atomic E-state index is 13.2. The molecule has 29 heavy (non-hydrogen) atoms. The molecule has 1 aromatic carbocycles. The molecule has 1 saturated carbocycles. The van der Waals surface area contributed by atoms with Crippen molar-refractivity contribution >= 4 is 11.8 Å². The maximum absolute atomic E-state index is 13.2. The van der Waals surface area contributed by atoms with E-state index < -0.39 is 0 Å². The minimum Gasteiger partial charge on any atom is -0.373 e. The fourth-order valence-corrected chi connectivity index (χ4v) is 5.42. The Balaban J connectivity index is 1.25. The van der Waals surface area contributed by atoms with E-state index in [0.717, 1.165) is 51.7 Å². The van der Waals surface area contributed by atoms with Gasteiger partial charge in [0.1, 0.15) is 0 Å². The number of likely N-dealkylation sites (tertiary alicyclic amines) is 1. The summed E-state index contributed by atoms with van der Waals surface area (Å²) in [6.45, 7) is 3.31. The summed E-state index contributed by atoms with van der Waals surface area (Å²) in [6, 6.07) is 9.46. The van der Waals surface area contributed by atoms with Gasteiger partial charge in [-0.25, -0.2) is 0 Å². The molecule has 6 nitrogen and oxygen atoms in total. The van der Waals surface area contributed by atoms with Crippen LogP contribution in [0.15, 0.2) is 30.3 Å². The van der Waals surface area contributed by atoms with Gasteiger partial charge < -0.3 is 19.3 Å². The molecule has 1 aromatic rings. The van der Waals surface area contributed by atoms with Crippen molar-refractivity contribution in [3.8, 4) is 0 Å². The Morgan fingerprint density at radius 3 is 2.59 bits per heavy atom. The highest BCUT2D eigenvalue weighted by atomic mass is 16.5. The largest absolute Gasteiger partial charge is 0.373 e. The molecule has 6 heteroatoms. The summed E-state index contributed by atoms with van der Waals surface area (Å²) >= 11 is 0. The van der Waals surface area contributed by atoms with E-state index in [2.05, 4.69) is 0 Å². The summed E-state index contributed by atoms with van der Waals surface area (Å²) < 4.78 is 12.1. The van der Waals surface area contributed by atoms with Gasteiger partial charge in [-0.2, -0.15) is 0 Å². The van der Waals surface area contributed by atoms with Crippen molar-refractivity contribution in [2.75, 3.05) is 32.8 Å². The van der Waals surface area contributed by atoms with Gasteiger partial charge in [-0.1, -0.05) is 18.2 Å². The zero-order chi connectivity index (χ0) is 19.9. The Morgan fingerprint density at radius 1 is 1.07 bits per heavy atom. The Labute approximate surface area is 172 Å². The van der Waals surface area contributed by atoms with Crippen LogP contribution in [0.1, 0.15) is 55.3 Å². The molecular formula is C23H30N2O4. The average molecular weight is 399 g/mol. The topological polar surface area (TPSA) is 59.1 Å². The van der Waals surface area contributed by atoms with Crippen molar-refractivity contribution < 1.29 is 19.1 Å². The first-order chi connectivity index (χ1) is 14.1. The number of benzene rings is 1. The third-order valence-corrected chi connectivity index (χ3v) is 7.35. The number of rotatable bonds is 3. The zero-order valence-corrected chi connectivity index (χ0v) is 17.0. The first-order valence-corrected chi connectivity index (χ1v) is 11.0. The van der Waals surface area contributed by atoms with Crippen molar-refractivity contribution in [2.45, 2.75) is 62.2 Å². The number of morpholine rings is 1. The van der Waals surface area contributed by atoms with Crippen LogP contribution in [0.25, 0.3) is 0 Å². The molecule has 2 unspecified atom stereocenters. The summed E-state index contributed by atoms with van der Waals surface area (Å²) in [6.07, 6.45) is 6.28. The average Bonchev–Trinajstić information content (AvgIpc) is 3.37. The van der Waals surface area contributed by atoms with Gasteiger partial charge in [0, 0.05) is 31.8 Å². The van der Waals surface area contributed by atoms with Gasteiger partial charge in [0.05, 0.1) is 30.3 Å². The summed E-state index contributed by atoms with van der Waals surface area (Å²) in [5, 5.41) is 0. The molecule has 0 N–H and O–H groups in total. The number of carbonyl (C=O) groups is 2. The molecule has 0 aromatic heterocycles. The second kappa shape index (κ2) is 7.40. The smallest absolute Gasteiger partial charge is 0.254 e. The Bertz CT molecular complexity index is 770. The minimum atomic E-state index is -0.234. The van der Waals surface area contributed by atoms with Gasteiger partial charge in [0.15, 0.2) is 0 Å². The highest BCUT2D eigenvalue weighted by Crippen LogP contribution is 2.42. The number of hydrogen-bond donors (Lipinski definition) is 0. The predicted molar refractivity (Wildman–Crippen MR) is 108 cm³/mol. The molecule has 1 aliphatic carbocycles. The third kappa shape index (κ3) is 3.46. The molecule has 3 saturated heterocycles. The molecule has 5 rings (SSSR count). The minimum absolute atomic E-state index is 0.0607. The lowest BCUT2D eigenvalue weighted by molar-refractivity contribution is -0.147. The van der Waals surface area contributed by atoms with Crippen LogP contribution in [0.4, 0.5) is 0 Å². The molecule has 156 valence electrons. The number of nitrogens with zero attached hydrogens (tertiary/aromatic N) is 2. The lowest BCUT2D eigenvalue weighted by Gasteiger charge is -2.54. The standard InChI is InChI=1S/C23H30N2O4/c26-20(24-12-11-23(16-24)10-5-13-29-23)14-19-15-25(22(17-28-19)8-4-9-22)21(27)18-6-2-1-3-7-18/h1-3,6-7,19H,4-5,8-17H2. The summed E-state index contributed by atoms with van der Waals surface area (Å²) in [7, 11) is 0. The van der Waals surface area contributed by atoms with Gasteiger partial charge in [0.2, 0.25) is 5.91 Å². The maximum Gasteiger partial charge on any atom is 0.254 e. The van der Waals surface area contributed by atoms with Crippen LogP contribution in [0, 0.1) is 0 Å². The first-order valence-electron chi connectivity index (χ1n) is 11.0. The Hall–Kier alpha value is -1.92. The molecule has 2 amide bonds. The van der Waals surface area contributed by atoms with E-state index in [1.165, 1.54) is 0 Å². The highest BCUT2D eigenvalue weighted by molar-refractivity contribution is 5.95. The molecule has 4 fully saturated rings. The van der Waals surface area contributed by atoms with E-state index in [-0.39, 0.29) is 29.1 Å². The molecule has 3 aliphatic heterocycles. The van der Waals surface area contributed by atoms with Crippen LogP contribution in [-0.2, 0) is 14.3 Å². The Morgan fingerprint density at radius 2 is 1.90 bits per heavy atom. The number of ether oxygens (including phenoxy) is 2.